The lowest BCUT2D eigenvalue weighted by atomic mass is 10.0. The Hall–Kier alpha value is -2.67. The number of pyridine rings is 1. The number of methoxy groups -OCH3 is 1. The van der Waals surface area contributed by atoms with Crippen molar-refractivity contribution in [2.75, 3.05) is 7.11 Å². The average molecular weight is 388 g/mol. The zero-order valence-corrected chi connectivity index (χ0v) is 16.3. The molecule has 1 aromatic carbocycles. The molecule has 0 N–H and O–H groups in total. The van der Waals surface area contributed by atoms with Crippen LogP contribution < -0.4 is 10.3 Å². The van der Waals surface area contributed by atoms with E-state index in [4.69, 9.17) is 16.3 Å². The SMILES string of the molecule is CCCCC(C)n1cc(OC)c(-c2cc(Cl)ccc2-n2cnnn2)cc1=O. The van der Waals surface area contributed by atoms with Crippen LogP contribution in [0.1, 0.15) is 39.2 Å². The first kappa shape index (κ1) is 19.1. The lowest BCUT2D eigenvalue weighted by Gasteiger charge is -2.19. The van der Waals surface area contributed by atoms with Gasteiger partial charge in [-0.3, -0.25) is 4.79 Å². The third kappa shape index (κ3) is 4.03. The molecule has 1 unspecified atom stereocenters. The van der Waals surface area contributed by atoms with Crippen LogP contribution in [0.15, 0.2) is 41.6 Å². The molecule has 0 amide bonds. The largest absolute Gasteiger partial charge is 0.495 e. The van der Waals surface area contributed by atoms with Crippen LogP contribution in [0.4, 0.5) is 0 Å². The Bertz CT molecular complexity index is 969. The van der Waals surface area contributed by atoms with E-state index >= 15 is 0 Å². The summed E-state index contributed by atoms with van der Waals surface area (Å²) in [5.74, 6) is 0.592. The first-order valence-corrected chi connectivity index (χ1v) is 9.26. The van der Waals surface area contributed by atoms with Crippen molar-refractivity contribution in [3.63, 3.8) is 0 Å². The van der Waals surface area contributed by atoms with Crippen LogP contribution in [0, 0.1) is 0 Å². The highest BCUT2D eigenvalue weighted by Gasteiger charge is 2.17. The predicted molar refractivity (Wildman–Crippen MR) is 105 cm³/mol. The molecule has 142 valence electrons. The third-order valence-corrected chi connectivity index (χ3v) is 4.79. The number of hydrogen-bond acceptors (Lipinski definition) is 5. The molecule has 2 heterocycles. The number of tetrazole rings is 1. The van der Waals surface area contributed by atoms with Crippen LogP contribution in [0.25, 0.3) is 16.8 Å². The number of benzene rings is 1. The molecule has 0 bridgehead atoms. The van der Waals surface area contributed by atoms with E-state index in [0.29, 0.717) is 22.0 Å². The first-order chi connectivity index (χ1) is 13.0. The fraction of sp³-hybridized carbons (Fsp3) is 0.368. The van der Waals surface area contributed by atoms with Gasteiger partial charge in [0.25, 0.3) is 5.56 Å². The zero-order chi connectivity index (χ0) is 19.4. The van der Waals surface area contributed by atoms with Crippen LogP contribution in [-0.2, 0) is 0 Å². The molecule has 1 atom stereocenters. The second-order valence-corrected chi connectivity index (χ2v) is 6.84. The topological polar surface area (TPSA) is 74.8 Å². The molecule has 0 saturated carbocycles. The van der Waals surface area contributed by atoms with E-state index in [9.17, 15) is 4.79 Å². The van der Waals surface area contributed by atoms with Crippen molar-refractivity contribution in [2.45, 2.75) is 39.2 Å². The Morgan fingerprint density at radius 1 is 1.26 bits per heavy atom. The molecule has 8 heteroatoms. The second kappa shape index (κ2) is 8.35. The molecule has 27 heavy (non-hydrogen) atoms. The van der Waals surface area contributed by atoms with Crippen molar-refractivity contribution in [1.82, 2.24) is 24.8 Å². The predicted octanol–water partition coefficient (Wildman–Crippen LogP) is 3.90. The van der Waals surface area contributed by atoms with Gasteiger partial charge in [0.05, 0.1) is 19.0 Å². The van der Waals surface area contributed by atoms with Gasteiger partial charge in [-0.2, -0.15) is 4.68 Å². The van der Waals surface area contributed by atoms with E-state index in [1.165, 1.54) is 11.0 Å². The lowest BCUT2D eigenvalue weighted by molar-refractivity contribution is 0.400. The number of aromatic nitrogens is 5. The Morgan fingerprint density at radius 2 is 2.07 bits per heavy atom. The van der Waals surface area contributed by atoms with E-state index in [1.807, 2.05) is 13.0 Å². The molecule has 0 saturated heterocycles. The van der Waals surface area contributed by atoms with Gasteiger partial charge < -0.3 is 9.30 Å². The number of nitrogens with zero attached hydrogens (tertiary/aromatic N) is 5. The number of halogens is 1. The lowest BCUT2D eigenvalue weighted by Crippen LogP contribution is -2.22. The van der Waals surface area contributed by atoms with Gasteiger partial charge in [0.15, 0.2) is 0 Å². The molecule has 0 fully saturated rings. The smallest absolute Gasteiger partial charge is 0.251 e. The average Bonchev–Trinajstić information content (AvgIpc) is 3.20. The summed E-state index contributed by atoms with van der Waals surface area (Å²) in [5.41, 5.74) is 1.99. The molecular formula is C19H22ClN5O2. The summed E-state index contributed by atoms with van der Waals surface area (Å²) in [7, 11) is 1.59. The van der Waals surface area contributed by atoms with E-state index in [-0.39, 0.29) is 11.6 Å². The quantitative estimate of drug-likeness (QED) is 0.614. The van der Waals surface area contributed by atoms with Gasteiger partial charge in [-0.1, -0.05) is 31.4 Å². The first-order valence-electron chi connectivity index (χ1n) is 8.88. The summed E-state index contributed by atoms with van der Waals surface area (Å²) in [4.78, 5) is 12.8. The van der Waals surface area contributed by atoms with E-state index < -0.39 is 0 Å². The maximum atomic E-state index is 12.8. The highest BCUT2D eigenvalue weighted by Crippen LogP contribution is 2.35. The Labute approximate surface area is 162 Å². The van der Waals surface area contributed by atoms with Crippen molar-refractivity contribution < 1.29 is 4.74 Å². The van der Waals surface area contributed by atoms with Gasteiger partial charge >= 0.3 is 0 Å². The summed E-state index contributed by atoms with van der Waals surface area (Å²) in [6, 6.07) is 7.02. The summed E-state index contributed by atoms with van der Waals surface area (Å²) in [6.45, 7) is 4.18. The molecule has 0 radical (unpaired) electrons. The summed E-state index contributed by atoms with van der Waals surface area (Å²) < 4.78 is 8.85. The Morgan fingerprint density at radius 3 is 2.74 bits per heavy atom. The van der Waals surface area contributed by atoms with E-state index in [2.05, 4.69) is 22.4 Å². The van der Waals surface area contributed by atoms with Crippen LogP contribution >= 0.6 is 11.6 Å². The normalized spacial score (nSPS) is 12.1. The van der Waals surface area contributed by atoms with Crippen molar-refractivity contribution in [3.8, 4) is 22.6 Å². The van der Waals surface area contributed by atoms with Crippen molar-refractivity contribution in [1.29, 1.82) is 0 Å². The molecule has 0 spiro atoms. The molecule has 3 rings (SSSR count). The third-order valence-electron chi connectivity index (χ3n) is 4.56. The molecule has 0 aliphatic heterocycles. The highest BCUT2D eigenvalue weighted by molar-refractivity contribution is 6.31. The van der Waals surface area contributed by atoms with Crippen molar-refractivity contribution >= 4 is 11.6 Å². The standard InChI is InChI=1S/C19H22ClN5O2/c1-4-5-6-13(2)24-11-18(27-3)16(10-19(24)26)15-9-14(20)7-8-17(15)25-12-21-22-23-25/h7-13H,4-6H2,1-3H3. The monoisotopic (exact) mass is 387 g/mol. The summed E-state index contributed by atoms with van der Waals surface area (Å²) in [6.07, 6.45) is 6.35. The van der Waals surface area contributed by atoms with Gasteiger partial charge in [0, 0.05) is 28.3 Å². The van der Waals surface area contributed by atoms with Gasteiger partial charge in [-0.25, -0.2) is 0 Å². The number of hydrogen-bond donors (Lipinski definition) is 0. The highest BCUT2D eigenvalue weighted by atomic mass is 35.5. The second-order valence-electron chi connectivity index (χ2n) is 6.41. The minimum absolute atomic E-state index is 0.0861. The number of rotatable bonds is 7. The van der Waals surface area contributed by atoms with Crippen LogP contribution in [0.5, 0.6) is 5.75 Å². The van der Waals surface area contributed by atoms with Crippen LogP contribution in [0.2, 0.25) is 5.02 Å². The molecule has 0 aliphatic rings. The minimum Gasteiger partial charge on any atom is -0.495 e. The molecule has 0 aliphatic carbocycles. The zero-order valence-electron chi connectivity index (χ0n) is 15.6. The van der Waals surface area contributed by atoms with Crippen LogP contribution in [-0.4, -0.2) is 31.9 Å². The minimum atomic E-state index is -0.0861. The Kier molecular flexibility index (Phi) is 5.91. The molecule has 3 aromatic rings. The maximum Gasteiger partial charge on any atom is 0.251 e. The summed E-state index contributed by atoms with van der Waals surface area (Å²) >= 11 is 6.22. The van der Waals surface area contributed by atoms with Gasteiger partial charge in [0.2, 0.25) is 0 Å². The molecule has 7 nitrogen and oxygen atoms in total. The van der Waals surface area contributed by atoms with Crippen molar-refractivity contribution in [3.05, 3.63) is 52.2 Å². The fourth-order valence-electron chi connectivity index (χ4n) is 3.08. The molecular weight excluding hydrogens is 366 g/mol. The number of unbranched alkanes of at least 4 members (excludes halogenated alkanes) is 1. The van der Waals surface area contributed by atoms with Crippen molar-refractivity contribution in [2.24, 2.45) is 0 Å². The van der Waals surface area contributed by atoms with Gasteiger partial charge in [-0.15, -0.1) is 5.10 Å². The van der Waals surface area contributed by atoms with E-state index in [1.54, 1.807) is 36.1 Å². The van der Waals surface area contributed by atoms with E-state index in [0.717, 1.165) is 24.8 Å². The maximum absolute atomic E-state index is 12.8. The van der Waals surface area contributed by atoms with Crippen LogP contribution in [0.3, 0.4) is 0 Å². The fourth-order valence-corrected chi connectivity index (χ4v) is 3.25. The summed E-state index contributed by atoms with van der Waals surface area (Å²) in [5, 5.41) is 11.9. The van der Waals surface area contributed by atoms with Gasteiger partial charge in [-0.05, 0) is 42.0 Å². The molecule has 2 aromatic heterocycles. The number of ether oxygens (including phenoxy) is 1. The van der Waals surface area contributed by atoms with Gasteiger partial charge in [0.1, 0.15) is 12.1 Å². The Balaban J connectivity index is 2.14.